The summed E-state index contributed by atoms with van der Waals surface area (Å²) in [5.74, 6) is 5.51. The standard InChI is InChI=1S/C20H15FN2O3S/c1-14-7-2-3-10-17(14)19(24)25-11-4-5-12-27-20-23-22-18(26-20)15-8-6-9-16(21)13-15/h2-3,6-10,13H,11-12H2,1H3. The number of carbonyl (C=O) groups is 1. The van der Waals surface area contributed by atoms with Crippen molar-refractivity contribution in [1.82, 2.24) is 10.2 Å². The molecule has 5 nitrogen and oxygen atoms in total. The highest BCUT2D eigenvalue weighted by Gasteiger charge is 2.10. The van der Waals surface area contributed by atoms with Crippen LogP contribution < -0.4 is 0 Å². The average molecular weight is 382 g/mol. The van der Waals surface area contributed by atoms with Gasteiger partial charge in [-0.3, -0.25) is 0 Å². The number of thioether (sulfide) groups is 1. The van der Waals surface area contributed by atoms with Gasteiger partial charge in [0.2, 0.25) is 5.89 Å². The van der Waals surface area contributed by atoms with Gasteiger partial charge in [0.25, 0.3) is 5.22 Å². The molecule has 0 aliphatic rings. The molecule has 0 radical (unpaired) electrons. The molecule has 0 atom stereocenters. The SMILES string of the molecule is Cc1ccccc1C(=O)OCC#CCSc1nnc(-c2cccc(F)c2)o1. The van der Waals surface area contributed by atoms with Crippen LogP contribution >= 0.6 is 11.8 Å². The van der Waals surface area contributed by atoms with Gasteiger partial charge in [-0.1, -0.05) is 47.9 Å². The van der Waals surface area contributed by atoms with Crippen LogP contribution in [0.15, 0.2) is 58.2 Å². The minimum Gasteiger partial charge on any atom is -0.449 e. The van der Waals surface area contributed by atoms with Gasteiger partial charge in [-0.05, 0) is 36.8 Å². The van der Waals surface area contributed by atoms with Gasteiger partial charge in [-0.25, -0.2) is 9.18 Å². The van der Waals surface area contributed by atoms with E-state index in [1.807, 2.05) is 19.1 Å². The van der Waals surface area contributed by atoms with Gasteiger partial charge in [-0.2, -0.15) is 0 Å². The van der Waals surface area contributed by atoms with Crippen molar-refractivity contribution in [3.8, 4) is 23.3 Å². The molecule has 3 aromatic rings. The number of nitrogens with zero attached hydrogens (tertiary/aromatic N) is 2. The molecule has 0 fully saturated rings. The van der Waals surface area contributed by atoms with E-state index in [1.54, 1.807) is 24.3 Å². The Hall–Kier alpha value is -3.11. The Labute approximate surface area is 160 Å². The lowest BCUT2D eigenvalue weighted by Crippen LogP contribution is -2.07. The van der Waals surface area contributed by atoms with Crippen LogP contribution in [0.2, 0.25) is 0 Å². The first-order valence-corrected chi connectivity index (χ1v) is 9.03. The third-order valence-corrected chi connectivity index (χ3v) is 4.21. The summed E-state index contributed by atoms with van der Waals surface area (Å²) in [6, 6.07) is 13.1. The highest BCUT2D eigenvalue weighted by atomic mass is 32.2. The van der Waals surface area contributed by atoms with Crippen molar-refractivity contribution in [2.75, 3.05) is 12.4 Å². The van der Waals surface area contributed by atoms with Gasteiger partial charge in [0.05, 0.1) is 11.3 Å². The summed E-state index contributed by atoms with van der Waals surface area (Å²) < 4.78 is 23.8. The van der Waals surface area contributed by atoms with Crippen molar-refractivity contribution in [3.63, 3.8) is 0 Å². The zero-order valence-electron chi connectivity index (χ0n) is 14.4. The molecule has 2 aromatic carbocycles. The highest BCUT2D eigenvalue weighted by molar-refractivity contribution is 7.99. The normalized spacial score (nSPS) is 10.1. The molecular formula is C20H15FN2O3S. The van der Waals surface area contributed by atoms with Crippen LogP contribution in [0.1, 0.15) is 15.9 Å². The lowest BCUT2D eigenvalue weighted by Gasteiger charge is -2.03. The predicted octanol–water partition coefficient (Wildman–Crippen LogP) is 4.14. The second-order valence-corrected chi connectivity index (χ2v) is 6.34. The fraction of sp³-hybridized carbons (Fsp3) is 0.150. The van der Waals surface area contributed by atoms with Gasteiger partial charge in [0.1, 0.15) is 5.82 Å². The van der Waals surface area contributed by atoms with E-state index in [1.165, 1.54) is 23.9 Å². The Morgan fingerprint density at radius 3 is 2.85 bits per heavy atom. The minimum atomic E-state index is -0.397. The maximum atomic E-state index is 13.2. The number of hydrogen-bond donors (Lipinski definition) is 0. The van der Waals surface area contributed by atoms with Crippen molar-refractivity contribution >= 4 is 17.7 Å². The summed E-state index contributed by atoms with van der Waals surface area (Å²) in [7, 11) is 0. The van der Waals surface area contributed by atoms with Crippen LogP contribution in [0.3, 0.4) is 0 Å². The number of benzene rings is 2. The monoisotopic (exact) mass is 382 g/mol. The Kier molecular flexibility index (Phi) is 6.23. The maximum absolute atomic E-state index is 13.2. The summed E-state index contributed by atoms with van der Waals surface area (Å²) in [5, 5.41) is 8.11. The van der Waals surface area contributed by atoms with E-state index in [4.69, 9.17) is 9.15 Å². The summed E-state index contributed by atoms with van der Waals surface area (Å²) in [4.78, 5) is 11.9. The Balaban J connectivity index is 1.46. The maximum Gasteiger partial charge on any atom is 0.339 e. The van der Waals surface area contributed by atoms with E-state index in [-0.39, 0.29) is 18.3 Å². The number of ether oxygens (including phenoxy) is 1. The molecule has 7 heteroatoms. The summed E-state index contributed by atoms with van der Waals surface area (Å²) in [6.07, 6.45) is 0. The van der Waals surface area contributed by atoms with Crippen LogP contribution in [0.4, 0.5) is 4.39 Å². The van der Waals surface area contributed by atoms with E-state index < -0.39 is 5.97 Å². The van der Waals surface area contributed by atoms with Gasteiger partial charge in [0.15, 0.2) is 6.61 Å². The first-order valence-electron chi connectivity index (χ1n) is 8.04. The van der Waals surface area contributed by atoms with E-state index in [9.17, 15) is 9.18 Å². The molecular weight excluding hydrogens is 367 g/mol. The van der Waals surface area contributed by atoms with Crippen LogP contribution in [-0.2, 0) is 4.74 Å². The van der Waals surface area contributed by atoms with Crippen molar-refractivity contribution in [3.05, 3.63) is 65.5 Å². The molecule has 1 heterocycles. The smallest absolute Gasteiger partial charge is 0.339 e. The number of aryl methyl sites for hydroxylation is 1. The quantitative estimate of drug-likeness (QED) is 0.375. The van der Waals surface area contributed by atoms with E-state index in [2.05, 4.69) is 22.0 Å². The zero-order chi connectivity index (χ0) is 19.1. The zero-order valence-corrected chi connectivity index (χ0v) is 15.3. The first-order chi connectivity index (χ1) is 13.1. The molecule has 0 bridgehead atoms. The molecule has 0 aliphatic carbocycles. The van der Waals surface area contributed by atoms with Crippen molar-refractivity contribution in [2.45, 2.75) is 12.1 Å². The lowest BCUT2D eigenvalue weighted by molar-refractivity contribution is 0.0556. The number of rotatable bonds is 5. The Morgan fingerprint density at radius 1 is 1.19 bits per heavy atom. The number of halogens is 1. The van der Waals surface area contributed by atoms with E-state index in [0.717, 1.165) is 5.56 Å². The summed E-state index contributed by atoms with van der Waals surface area (Å²) in [5.41, 5.74) is 1.91. The molecule has 0 spiro atoms. The molecule has 0 saturated carbocycles. The van der Waals surface area contributed by atoms with Gasteiger partial charge >= 0.3 is 5.97 Å². The molecule has 136 valence electrons. The first kappa shape index (κ1) is 18.7. The molecule has 0 N–H and O–H groups in total. The predicted molar refractivity (Wildman–Crippen MR) is 99.7 cm³/mol. The third kappa shape index (κ3) is 5.19. The van der Waals surface area contributed by atoms with Gasteiger partial charge in [-0.15, -0.1) is 10.2 Å². The fourth-order valence-electron chi connectivity index (χ4n) is 2.19. The average Bonchev–Trinajstić information content (AvgIpc) is 3.14. The molecule has 27 heavy (non-hydrogen) atoms. The minimum absolute atomic E-state index is 0.00605. The topological polar surface area (TPSA) is 65.2 Å². The summed E-state index contributed by atoms with van der Waals surface area (Å²) in [6.45, 7) is 1.85. The number of carbonyl (C=O) groups excluding carboxylic acids is 1. The Morgan fingerprint density at radius 2 is 2.04 bits per heavy atom. The molecule has 3 rings (SSSR count). The van der Waals surface area contributed by atoms with Crippen LogP contribution in [-0.4, -0.2) is 28.5 Å². The van der Waals surface area contributed by atoms with Crippen LogP contribution in [0.5, 0.6) is 0 Å². The molecule has 0 saturated heterocycles. The molecule has 1 aromatic heterocycles. The largest absolute Gasteiger partial charge is 0.449 e. The number of hydrogen-bond acceptors (Lipinski definition) is 6. The van der Waals surface area contributed by atoms with Crippen molar-refractivity contribution in [2.24, 2.45) is 0 Å². The van der Waals surface area contributed by atoms with E-state index in [0.29, 0.717) is 22.1 Å². The van der Waals surface area contributed by atoms with E-state index >= 15 is 0 Å². The Bertz CT molecular complexity index is 1010. The van der Waals surface area contributed by atoms with Gasteiger partial charge in [0, 0.05) is 5.56 Å². The van der Waals surface area contributed by atoms with Gasteiger partial charge < -0.3 is 9.15 Å². The van der Waals surface area contributed by atoms with Crippen LogP contribution in [0.25, 0.3) is 11.5 Å². The second kappa shape index (κ2) is 9.01. The number of esters is 1. The molecule has 0 aliphatic heterocycles. The lowest BCUT2D eigenvalue weighted by atomic mass is 10.1. The number of aromatic nitrogens is 2. The third-order valence-electron chi connectivity index (χ3n) is 3.51. The molecule has 0 unspecified atom stereocenters. The van der Waals surface area contributed by atoms with Crippen molar-refractivity contribution in [1.29, 1.82) is 0 Å². The highest BCUT2D eigenvalue weighted by Crippen LogP contribution is 2.23. The fourth-order valence-corrected chi connectivity index (χ4v) is 2.72. The molecule has 0 amide bonds. The van der Waals surface area contributed by atoms with Crippen molar-refractivity contribution < 1.29 is 18.3 Å². The van der Waals surface area contributed by atoms with Crippen LogP contribution in [0, 0.1) is 24.6 Å². The summed E-state index contributed by atoms with van der Waals surface area (Å²) >= 11 is 1.25. The second-order valence-electron chi connectivity index (χ2n) is 5.42.